The fraction of sp³-hybridized carbons (Fsp3) is 0.273. The second kappa shape index (κ2) is 8.62. The van der Waals surface area contributed by atoms with E-state index in [4.69, 9.17) is 4.74 Å². The normalized spacial score (nSPS) is 17.0. The van der Waals surface area contributed by atoms with E-state index in [0.29, 0.717) is 37.6 Å². The van der Waals surface area contributed by atoms with Crippen LogP contribution in [0.25, 0.3) is 5.70 Å². The Morgan fingerprint density at radius 1 is 1.03 bits per heavy atom. The van der Waals surface area contributed by atoms with Gasteiger partial charge in [0.05, 0.1) is 18.1 Å². The molecule has 1 N–H and O–H groups in total. The molecule has 2 aromatic rings. The Balaban J connectivity index is 1.34. The SMILES string of the molecule is C=C1c2ccccc2C(=O)N1CC(=O)NCc1ccc(S(=O)(=O)N2CCOCC2)cc1. The number of amides is 2. The van der Waals surface area contributed by atoms with Crippen molar-refractivity contribution in [3.63, 3.8) is 0 Å². The highest BCUT2D eigenvalue weighted by Gasteiger charge is 2.31. The van der Waals surface area contributed by atoms with Crippen molar-refractivity contribution in [3.05, 3.63) is 71.8 Å². The van der Waals surface area contributed by atoms with Gasteiger partial charge in [-0.3, -0.25) is 14.5 Å². The van der Waals surface area contributed by atoms with Crippen LogP contribution in [-0.2, 0) is 26.1 Å². The Morgan fingerprint density at radius 2 is 1.68 bits per heavy atom. The lowest BCUT2D eigenvalue weighted by Crippen LogP contribution is -2.40. The molecule has 31 heavy (non-hydrogen) atoms. The van der Waals surface area contributed by atoms with Crippen molar-refractivity contribution >= 4 is 27.5 Å². The molecule has 2 aromatic carbocycles. The topological polar surface area (TPSA) is 96.0 Å². The molecule has 9 heteroatoms. The van der Waals surface area contributed by atoms with Crippen molar-refractivity contribution in [2.75, 3.05) is 32.8 Å². The Bertz CT molecular complexity index is 1090. The summed E-state index contributed by atoms with van der Waals surface area (Å²) in [6.45, 7) is 5.47. The zero-order chi connectivity index (χ0) is 22.0. The Hall–Kier alpha value is -3.01. The average molecular weight is 442 g/mol. The quantitative estimate of drug-likeness (QED) is 0.732. The maximum absolute atomic E-state index is 12.7. The molecule has 0 atom stereocenters. The second-order valence-electron chi connectivity index (χ2n) is 7.32. The van der Waals surface area contributed by atoms with Gasteiger partial charge in [0.25, 0.3) is 5.91 Å². The van der Waals surface area contributed by atoms with Crippen LogP contribution in [0, 0.1) is 0 Å². The molecular formula is C22H23N3O5S. The van der Waals surface area contributed by atoms with E-state index in [9.17, 15) is 18.0 Å². The first-order valence-electron chi connectivity index (χ1n) is 9.91. The summed E-state index contributed by atoms with van der Waals surface area (Å²) >= 11 is 0. The number of nitrogens with zero attached hydrogens (tertiary/aromatic N) is 2. The van der Waals surface area contributed by atoms with Crippen molar-refractivity contribution in [1.82, 2.24) is 14.5 Å². The first-order valence-corrected chi connectivity index (χ1v) is 11.4. The van der Waals surface area contributed by atoms with E-state index in [1.165, 1.54) is 21.3 Å². The van der Waals surface area contributed by atoms with E-state index in [1.54, 1.807) is 30.3 Å². The van der Waals surface area contributed by atoms with Crippen LogP contribution in [0.15, 0.2) is 60.0 Å². The number of benzene rings is 2. The van der Waals surface area contributed by atoms with E-state index in [-0.39, 0.29) is 29.8 Å². The van der Waals surface area contributed by atoms with Crippen LogP contribution in [0.4, 0.5) is 0 Å². The number of sulfonamides is 1. The van der Waals surface area contributed by atoms with Gasteiger partial charge in [0.15, 0.2) is 0 Å². The minimum Gasteiger partial charge on any atom is -0.379 e. The third-order valence-corrected chi connectivity index (χ3v) is 7.27. The fourth-order valence-corrected chi connectivity index (χ4v) is 5.03. The third kappa shape index (κ3) is 4.25. The zero-order valence-electron chi connectivity index (χ0n) is 16.9. The summed E-state index contributed by atoms with van der Waals surface area (Å²) in [7, 11) is -3.55. The summed E-state index contributed by atoms with van der Waals surface area (Å²) in [5.41, 5.74) is 2.53. The van der Waals surface area contributed by atoms with Crippen molar-refractivity contribution in [2.45, 2.75) is 11.4 Å². The average Bonchev–Trinajstić information content (AvgIpc) is 3.03. The van der Waals surface area contributed by atoms with E-state index in [2.05, 4.69) is 11.9 Å². The molecule has 2 amide bonds. The van der Waals surface area contributed by atoms with Crippen LogP contribution in [0.5, 0.6) is 0 Å². The van der Waals surface area contributed by atoms with E-state index in [0.717, 1.165) is 11.1 Å². The summed E-state index contributed by atoms with van der Waals surface area (Å²) in [4.78, 5) is 26.5. The molecule has 8 nitrogen and oxygen atoms in total. The largest absolute Gasteiger partial charge is 0.379 e. The molecule has 4 rings (SSSR count). The van der Waals surface area contributed by atoms with Gasteiger partial charge in [0.1, 0.15) is 6.54 Å². The lowest BCUT2D eigenvalue weighted by atomic mass is 10.1. The fourth-order valence-electron chi connectivity index (χ4n) is 3.62. The minimum absolute atomic E-state index is 0.129. The molecule has 0 spiro atoms. The summed E-state index contributed by atoms with van der Waals surface area (Å²) in [6, 6.07) is 13.5. The molecule has 0 aliphatic carbocycles. The Morgan fingerprint density at radius 3 is 2.32 bits per heavy atom. The summed E-state index contributed by atoms with van der Waals surface area (Å²) < 4.78 is 32.0. The maximum Gasteiger partial charge on any atom is 0.259 e. The Kier molecular flexibility index (Phi) is 5.90. The molecule has 1 saturated heterocycles. The molecule has 1 fully saturated rings. The van der Waals surface area contributed by atoms with Crippen LogP contribution in [0.2, 0.25) is 0 Å². The molecule has 2 aliphatic rings. The maximum atomic E-state index is 12.7. The van der Waals surface area contributed by atoms with Crippen LogP contribution < -0.4 is 5.32 Å². The number of rotatable bonds is 6. The van der Waals surface area contributed by atoms with E-state index < -0.39 is 10.0 Å². The lowest BCUT2D eigenvalue weighted by molar-refractivity contribution is -0.121. The summed E-state index contributed by atoms with van der Waals surface area (Å²) in [6.07, 6.45) is 0. The second-order valence-corrected chi connectivity index (χ2v) is 9.26. The molecule has 0 bridgehead atoms. The number of ether oxygens (including phenoxy) is 1. The molecule has 0 unspecified atom stereocenters. The minimum atomic E-state index is -3.55. The first-order chi connectivity index (χ1) is 14.9. The number of carbonyl (C=O) groups is 2. The summed E-state index contributed by atoms with van der Waals surface area (Å²) in [5, 5.41) is 2.76. The van der Waals surface area contributed by atoms with Crippen LogP contribution >= 0.6 is 0 Å². The van der Waals surface area contributed by atoms with Gasteiger partial charge in [-0.25, -0.2) is 8.42 Å². The molecule has 2 aliphatic heterocycles. The molecular weight excluding hydrogens is 418 g/mol. The number of nitrogens with one attached hydrogen (secondary N) is 1. The van der Waals surface area contributed by atoms with Crippen LogP contribution in [-0.4, -0.2) is 62.3 Å². The van der Waals surface area contributed by atoms with Crippen LogP contribution in [0.1, 0.15) is 21.5 Å². The van der Waals surface area contributed by atoms with Crippen LogP contribution in [0.3, 0.4) is 0 Å². The summed E-state index contributed by atoms with van der Waals surface area (Å²) in [5.74, 6) is -0.569. The molecule has 0 saturated carbocycles. The van der Waals surface area contributed by atoms with Gasteiger partial charge in [0, 0.05) is 36.5 Å². The number of morpholine rings is 1. The van der Waals surface area contributed by atoms with Gasteiger partial charge in [-0.1, -0.05) is 36.9 Å². The highest BCUT2D eigenvalue weighted by Crippen LogP contribution is 2.30. The van der Waals surface area contributed by atoms with E-state index >= 15 is 0 Å². The Labute approximate surface area is 181 Å². The number of fused-ring (bicyclic) bond motifs is 1. The predicted molar refractivity (Wildman–Crippen MR) is 114 cm³/mol. The third-order valence-electron chi connectivity index (χ3n) is 5.36. The predicted octanol–water partition coefficient (Wildman–Crippen LogP) is 1.45. The van der Waals surface area contributed by atoms with Crippen molar-refractivity contribution in [2.24, 2.45) is 0 Å². The first kappa shape index (κ1) is 21.2. The van der Waals surface area contributed by atoms with Crippen molar-refractivity contribution < 1.29 is 22.7 Å². The molecule has 0 aromatic heterocycles. The molecule has 162 valence electrons. The molecule has 0 radical (unpaired) electrons. The van der Waals surface area contributed by atoms with Gasteiger partial charge in [-0.05, 0) is 23.8 Å². The van der Waals surface area contributed by atoms with Gasteiger partial charge in [-0.2, -0.15) is 4.31 Å². The van der Waals surface area contributed by atoms with Gasteiger partial charge in [0.2, 0.25) is 15.9 Å². The number of hydrogen-bond donors (Lipinski definition) is 1. The number of hydrogen-bond acceptors (Lipinski definition) is 5. The van der Waals surface area contributed by atoms with Crippen molar-refractivity contribution in [3.8, 4) is 0 Å². The van der Waals surface area contributed by atoms with Gasteiger partial charge >= 0.3 is 0 Å². The van der Waals surface area contributed by atoms with E-state index in [1.807, 2.05) is 6.07 Å². The van der Waals surface area contributed by atoms with Gasteiger partial charge in [-0.15, -0.1) is 0 Å². The molecule has 2 heterocycles. The highest BCUT2D eigenvalue weighted by atomic mass is 32.2. The van der Waals surface area contributed by atoms with Crippen molar-refractivity contribution in [1.29, 1.82) is 0 Å². The standard InChI is InChI=1S/C22H23N3O5S/c1-16-19-4-2-3-5-20(19)22(27)25(16)15-21(26)23-14-17-6-8-18(9-7-17)31(28,29)24-10-12-30-13-11-24/h2-9H,1,10-15H2,(H,23,26). The smallest absolute Gasteiger partial charge is 0.259 e. The monoisotopic (exact) mass is 441 g/mol. The van der Waals surface area contributed by atoms with Gasteiger partial charge < -0.3 is 10.1 Å². The lowest BCUT2D eigenvalue weighted by Gasteiger charge is -2.26. The zero-order valence-corrected chi connectivity index (χ0v) is 17.7. The highest BCUT2D eigenvalue weighted by molar-refractivity contribution is 7.89. The number of carbonyl (C=O) groups excluding carboxylic acids is 2.